The Morgan fingerprint density at radius 1 is 1.39 bits per heavy atom. The van der Waals surface area contributed by atoms with Crippen molar-refractivity contribution in [3.8, 4) is 11.4 Å². The lowest BCUT2D eigenvalue weighted by Gasteiger charge is -2.08. The van der Waals surface area contributed by atoms with Crippen molar-refractivity contribution in [3.05, 3.63) is 36.7 Å². The number of anilines is 1. The van der Waals surface area contributed by atoms with Crippen LogP contribution >= 0.6 is 0 Å². The van der Waals surface area contributed by atoms with E-state index in [9.17, 15) is 4.79 Å². The second kappa shape index (κ2) is 5.35. The molecule has 3 N–H and O–H groups in total. The quantitative estimate of drug-likeness (QED) is 0.795. The summed E-state index contributed by atoms with van der Waals surface area (Å²) in [6, 6.07) is 7.43. The Bertz CT molecular complexity index is 530. The van der Waals surface area contributed by atoms with Crippen LogP contribution in [0.3, 0.4) is 0 Å². The van der Waals surface area contributed by atoms with E-state index >= 15 is 0 Å². The summed E-state index contributed by atoms with van der Waals surface area (Å²) in [7, 11) is 0. The molecule has 5 heteroatoms. The zero-order valence-electron chi connectivity index (χ0n) is 10.3. The fourth-order valence-corrected chi connectivity index (χ4v) is 1.74. The average Bonchev–Trinajstić information content (AvgIpc) is 2.78. The first-order valence-electron chi connectivity index (χ1n) is 5.84. The fraction of sp³-hybridized carbons (Fsp3) is 0.231. The Morgan fingerprint density at radius 2 is 2.11 bits per heavy atom. The van der Waals surface area contributed by atoms with Gasteiger partial charge in [-0.1, -0.05) is 0 Å². The average molecular weight is 244 g/mol. The molecule has 0 radical (unpaired) electrons. The van der Waals surface area contributed by atoms with Gasteiger partial charge in [-0.3, -0.25) is 4.79 Å². The number of carbonyl (C=O) groups excluding carboxylic acids is 1. The van der Waals surface area contributed by atoms with Crippen molar-refractivity contribution >= 4 is 11.6 Å². The maximum atomic E-state index is 11.6. The molecule has 1 aromatic carbocycles. The number of amides is 1. The predicted molar refractivity (Wildman–Crippen MR) is 70.8 cm³/mol. The molecule has 2 aromatic rings. The number of rotatable bonds is 4. The van der Waals surface area contributed by atoms with Crippen LogP contribution in [0.4, 0.5) is 5.69 Å². The summed E-state index contributed by atoms with van der Waals surface area (Å²) < 4.78 is 1.82. The van der Waals surface area contributed by atoms with Crippen LogP contribution in [0.5, 0.6) is 0 Å². The topological polar surface area (TPSA) is 72.9 Å². The van der Waals surface area contributed by atoms with Gasteiger partial charge < -0.3 is 15.6 Å². The van der Waals surface area contributed by atoms with Crippen LogP contribution in [-0.4, -0.2) is 22.0 Å². The third-order valence-corrected chi connectivity index (χ3v) is 2.57. The van der Waals surface area contributed by atoms with Crippen molar-refractivity contribution in [1.29, 1.82) is 0 Å². The molecule has 5 nitrogen and oxygen atoms in total. The number of nitrogens with zero attached hydrogens (tertiary/aromatic N) is 2. The summed E-state index contributed by atoms with van der Waals surface area (Å²) >= 11 is 0. The van der Waals surface area contributed by atoms with Gasteiger partial charge in [0.05, 0.1) is 0 Å². The molecule has 0 unspecified atom stereocenters. The molecule has 0 spiro atoms. The Balaban J connectivity index is 2.22. The van der Waals surface area contributed by atoms with Crippen LogP contribution in [0.2, 0.25) is 0 Å². The molecule has 1 heterocycles. The number of hydrogen-bond donors (Lipinski definition) is 2. The fourth-order valence-electron chi connectivity index (χ4n) is 1.74. The summed E-state index contributed by atoms with van der Waals surface area (Å²) in [5.74, 6) is 0.744. The maximum absolute atomic E-state index is 11.6. The van der Waals surface area contributed by atoms with E-state index in [-0.39, 0.29) is 12.5 Å². The molecule has 0 bridgehead atoms. The zero-order chi connectivity index (χ0) is 13.0. The Hall–Kier alpha value is -2.30. The van der Waals surface area contributed by atoms with Gasteiger partial charge >= 0.3 is 0 Å². The van der Waals surface area contributed by atoms with Gasteiger partial charge in [0.2, 0.25) is 5.91 Å². The van der Waals surface area contributed by atoms with Gasteiger partial charge in [0.1, 0.15) is 12.4 Å². The summed E-state index contributed by atoms with van der Waals surface area (Å²) in [6.07, 6.45) is 3.48. The molecule has 2 rings (SSSR count). The van der Waals surface area contributed by atoms with Crippen molar-refractivity contribution in [2.75, 3.05) is 12.3 Å². The van der Waals surface area contributed by atoms with E-state index in [1.54, 1.807) is 12.4 Å². The van der Waals surface area contributed by atoms with Gasteiger partial charge in [0.25, 0.3) is 0 Å². The minimum Gasteiger partial charge on any atom is -0.399 e. The van der Waals surface area contributed by atoms with Gasteiger partial charge in [0, 0.05) is 30.2 Å². The van der Waals surface area contributed by atoms with Gasteiger partial charge in [-0.25, -0.2) is 4.98 Å². The van der Waals surface area contributed by atoms with E-state index < -0.39 is 0 Å². The molecule has 0 saturated heterocycles. The molecule has 0 aliphatic rings. The van der Waals surface area contributed by atoms with Crippen molar-refractivity contribution in [2.24, 2.45) is 0 Å². The lowest BCUT2D eigenvalue weighted by Crippen LogP contribution is -2.27. The van der Waals surface area contributed by atoms with Crippen LogP contribution in [0, 0.1) is 0 Å². The SMILES string of the molecule is CCNC(=O)Cn1ccnc1-c1ccc(N)cc1. The molecule has 0 fully saturated rings. The number of nitrogens with one attached hydrogen (secondary N) is 1. The number of carbonyl (C=O) groups is 1. The maximum Gasteiger partial charge on any atom is 0.239 e. The molecule has 0 atom stereocenters. The lowest BCUT2D eigenvalue weighted by atomic mass is 10.2. The molecule has 0 aliphatic heterocycles. The number of hydrogen-bond acceptors (Lipinski definition) is 3. The second-order valence-corrected chi connectivity index (χ2v) is 3.95. The Morgan fingerprint density at radius 3 is 2.78 bits per heavy atom. The predicted octanol–water partition coefficient (Wildman–Crippen LogP) is 1.27. The van der Waals surface area contributed by atoms with Gasteiger partial charge in [-0.2, -0.15) is 0 Å². The minimum absolute atomic E-state index is 0.0211. The molecule has 1 aromatic heterocycles. The summed E-state index contributed by atoms with van der Waals surface area (Å²) in [4.78, 5) is 15.8. The molecule has 0 aliphatic carbocycles. The van der Waals surface area contributed by atoms with E-state index in [4.69, 9.17) is 5.73 Å². The monoisotopic (exact) mass is 244 g/mol. The minimum atomic E-state index is -0.0211. The molecule has 1 amide bonds. The van der Waals surface area contributed by atoms with E-state index in [0.717, 1.165) is 11.4 Å². The van der Waals surface area contributed by atoms with Crippen molar-refractivity contribution in [2.45, 2.75) is 13.5 Å². The molecular weight excluding hydrogens is 228 g/mol. The smallest absolute Gasteiger partial charge is 0.239 e. The Kier molecular flexibility index (Phi) is 3.62. The summed E-state index contributed by atoms with van der Waals surface area (Å²) in [6.45, 7) is 2.80. The van der Waals surface area contributed by atoms with Crippen molar-refractivity contribution in [1.82, 2.24) is 14.9 Å². The van der Waals surface area contributed by atoms with Crippen molar-refractivity contribution in [3.63, 3.8) is 0 Å². The number of benzene rings is 1. The van der Waals surface area contributed by atoms with Crippen LogP contribution in [0.15, 0.2) is 36.7 Å². The summed E-state index contributed by atoms with van der Waals surface area (Å²) in [5.41, 5.74) is 7.30. The number of aromatic nitrogens is 2. The van der Waals surface area contributed by atoms with E-state index in [1.165, 1.54) is 0 Å². The normalized spacial score (nSPS) is 10.3. The van der Waals surface area contributed by atoms with Gasteiger partial charge in [-0.05, 0) is 31.2 Å². The molecule has 0 saturated carbocycles. The highest BCUT2D eigenvalue weighted by Crippen LogP contribution is 2.18. The molecule has 18 heavy (non-hydrogen) atoms. The van der Waals surface area contributed by atoms with Crippen LogP contribution in [0.1, 0.15) is 6.92 Å². The first kappa shape index (κ1) is 12.2. The largest absolute Gasteiger partial charge is 0.399 e. The first-order chi connectivity index (χ1) is 8.70. The van der Waals surface area contributed by atoms with Crippen LogP contribution < -0.4 is 11.1 Å². The highest BCUT2D eigenvalue weighted by Gasteiger charge is 2.08. The number of nitrogens with two attached hydrogens (primary N) is 1. The summed E-state index contributed by atoms with van der Waals surface area (Å²) in [5, 5.41) is 2.76. The molecule has 94 valence electrons. The highest BCUT2D eigenvalue weighted by atomic mass is 16.1. The van der Waals surface area contributed by atoms with E-state index in [1.807, 2.05) is 35.8 Å². The number of imidazole rings is 1. The Labute approximate surface area is 106 Å². The standard InChI is InChI=1S/C13H16N4O/c1-2-15-12(18)9-17-8-7-16-13(17)10-3-5-11(14)6-4-10/h3-8H,2,9,14H2,1H3,(H,15,18). The van der Waals surface area contributed by atoms with Gasteiger partial charge in [0.15, 0.2) is 0 Å². The van der Waals surface area contributed by atoms with Crippen molar-refractivity contribution < 1.29 is 4.79 Å². The van der Waals surface area contributed by atoms with Crippen LogP contribution in [-0.2, 0) is 11.3 Å². The van der Waals surface area contributed by atoms with Crippen LogP contribution in [0.25, 0.3) is 11.4 Å². The molecular formula is C13H16N4O. The van der Waals surface area contributed by atoms with Gasteiger partial charge in [-0.15, -0.1) is 0 Å². The van der Waals surface area contributed by atoms with E-state index in [2.05, 4.69) is 10.3 Å². The highest BCUT2D eigenvalue weighted by molar-refractivity contribution is 5.76. The zero-order valence-corrected chi connectivity index (χ0v) is 10.3. The number of likely N-dealkylation sites (N-methyl/N-ethyl adjacent to an activating group) is 1. The first-order valence-corrected chi connectivity index (χ1v) is 5.84. The van der Waals surface area contributed by atoms with E-state index in [0.29, 0.717) is 12.2 Å². The third kappa shape index (κ3) is 2.68. The second-order valence-electron chi connectivity index (χ2n) is 3.95. The number of nitrogen functional groups attached to an aromatic ring is 1. The lowest BCUT2D eigenvalue weighted by molar-refractivity contribution is -0.121. The third-order valence-electron chi connectivity index (χ3n) is 2.57.